The van der Waals surface area contributed by atoms with Gasteiger partial charge >= 0.3 is 0 Å². The Morgan fingerprint density at radius 1 is 1.50 bits per heavy atom. The highest BCUT2D eigenvalue weighted by Crippen LogP contribution is 2.17. The zero-order valence-corrected chi connectivity index (χ0v) is 11.8. The average Bonchev–Trinajstić information content (AvgIpc) is 2.67. The van der Waals surface area contributed by atoms with Gasteiger partial charge in [0, 0.05) is 19.7 Å². The second kappa shape index (κ2) is 7.06. The van der Waals surface area contributed by atoms with Gasteiger partial charge in [0.15, 0.2) is 9.84 Å². The summed E-state index contributed by atoms with van der Waals surface area (Å²) in [6, 6.07) is -0.198. The van der Waals surface area contributed by atoms with Crippen molar-refractivity contribution in [3.8, 4) is 0 Å². The van der Waals surface area contributed by atoms with Crippen molar-refractivity contribution in [3.63, 3.8) is 0 Å². The molecule has 1 heterocycles. The molecule has 0 bridgehead atoms. The van der Waals surface area contributed by atoms with Crippen molar-refractivity contribution in [2.45, 2.75) is 19.4 Å². The lowest BCUT2D eigenvalue weighted by Crippen LogP contribution is -2.46. The van der Waals surface area contributed by atoms with Crippen molar-refractivity contribution >= 4 is 15.7 Å². The highest BCUT2D eigenvalue weighted by molar-refractivity contribution is 7.91. The summed E-state index contributed by atoms with van der Waals surface area (Å²) in [6.07, 6.45) is 0.532. The Morgan fingerprint density at radius 3 is 2.72 bits per heavy atom. The van der Waals surface area contributed by atoms with E-state index in [1.807, 2.05) is 6.92 Å². The number of hydrogen-bond donors (Lipinski definition) is 1. The van der Waals surface area contributed by atoms with Gasteiger partial charge in [-0.2, -0.15) is 0 Å². The lowest BCUT2D eigenvalue weighted by Gasteiger charge is -2.28. The van der Waals surface area contributed by atoms with Crippen molar-refractivity contribution in [2.75, 3.05) is 44.9 Å². The summed E-state index contributed by atoms with van der Waals surface area (Å²) in [5.74, 6) is 0.195. The molecule has 0 saturated carbocycles. The molecule has 18 heavy (non-hydrogen) atoms. The van der Waals surface area contributed by atoms with Crippen LogP contribution < -0.4 is 5.32 Å². The first-order valence-electron chi connectivity index (χ1n) is 6.19. The molecule has 1 atom stereocenters. The van der Waals surface area contributed by atoms with Gasteiger partial charge < -0.3 is 15.0 Å². The van der Waals surface area contributed by atoms with Crippen LogP contribution in [0.25, 0.3) is 0 Å². The molecule has 0 aromatic rings. The molecule has 1 fully saturated rings. The smallest absolute Gasteiger partial charge is 0.236 e. The van der Waals surface area contributed by atoms with E-state index >= 15 is 0 Å². The topological polar surface area (TPSA) is 75.7 Å². The van der Waals surface area contributed by atoms with Crippen LogP contribution >= 0.6 is 0 Å². The number of methoxy groups -OCH3 is 1. The van der Waals surface area contributed by atoms with E-state index in [1.54, 1.807) is 12.0 Å². The number of carbonyl (C=O) groups excluding carboxylic acids is 1. The first-order chi connectivity index (χ1) is 8.50. The van der Waals surface area contributed by atoms with Gasteiger partial charge in [0.2, 0.25) is 5.91 Å². The number of nitrogens with one attached hydrogen (secondary N) is 1. The molecule has 6 nitrogen and oxygen atoms in total. The van der Waals surface area contributed by atoms with Gasteiger partial charge in [-0.05, 0) is 13.0 Å². The van der Waals surface area contributed by atoms with Crippen molar-refractivity contribution in [3.05, 3.63) is 0 Å². The number of amides is 1. The monoisotopic (exact) mass is 278 g/mol. The molecule has 106 valence electrons. The minimum atomic E-state index is -2.97. The van der Waals surface area contributed by atoms with E-state index in [0.29, 0.717) is 26.1 Å². The first kappa shape index (κ1) is 15.4. The van der Waals surface area contributed by atoms with E-state index in [2.05, 4.69) is 5.32 Å². The first-order valence-corrected chi connectivity index (χ1v) is 8.02. The molecule has 1 aliphatic rings. The van der Waals surface area contributed by atoms with Crippen LogP contribution in [0, 0.1) is 0 Å². The summed E-state index contributed by atoms with van der Waals surface area (Å²) in [7, 11) is -1.41. The van der Waals surface area contributed by atoms with Gasteiger partial charge in [0.25, 0.3) is 0 Å². The Labute approximate surface area is 109 Å². The third-order valence-electron chi connectivity index (χ3n) is 3.03. The normalized spacial score (nSPS) is 22.0. The van der Waals surface area contributed by atoms with E-state index < -0.39 is 9.84 Å². The largest absolute Gasteiger partial charge is 0.383 e. The number of likely N-dealkylation sites (N-methyl/N-ethyl adjacent to an activating group) is 1. The van der Waals surface area contributed by atoms with Crippen LogP contribution in [0.3, 0.4) is 0 Å². The molecule has 0 aromatic carbocycles. The second-order valence-electron chi connectivity index (χ2n) is 4.42. The summed E-state index contributed by atoms with van der Waals surface area (Å²) in [4.78, 5) is 13.7. The maximum absolute atomic E-state index is 12.0. The van der Waals surface area contributed by atoms with E-state index in [4.69, 9.17) is 4.74 Å². The number of carbonyl (C=O) groups is 1. The molecule has 1 amide bonds. The van der Waals surface area contributed by atoms with Crippen LogP contribution in [-0.4, -0.2) is 70.1 Å². The second-order valence-corrected chi connectivity index (χ2v) is 6.65. The lowest BCUT2D eigenvalue weighted by molar-refractivity contribution is -0.132. The molecule has 1 aliphatic heterocycles. The van der Waals surface area contributed by atoms with E-state index in [0.717, 1.165) is 0 Å². The molecule has 0 aromatic heterocycles. The molecule has 0 spiro atoms. The van der Waals surface area contributed by atoms with E-state index in [9.17, 15) is 13.2 Å². The van der Waals surface area contributed by atoms with Gasteiger partial charge in [0.05, 0.1) is 24.7 Å². The Bertz CT molecular complexity index is 369. The fraction of sp³-hybridized carbons (Fsp3) is 0.909. The van der Waals surface area contributed by atoms with Gasteiger partial charge in [-0.15, -0.1) is 0 Å². The van der Waals surface area contributed by atoms with Crippen molar-refractivity contribution < 1.29 is 17.9 Å². The van der Waals surface area contributed by atoms with Gasteiger partial charge in [-0.3, -0.25) is 4.79 Å². The van der Waals surface area contributed by atoms with Crippen molar-refractivity contribution in [1.82, 2.24) is 10.2 Å². The molecule has 0 aliphatic carbocycles. The molecule has 1 saturated heterocycles. The van der Waals surface area contributed by atoms with E-state index in [1.165, 1.54) is 0 Å². The highest BCUT2D eigenvalue weighted by atomic mass is 32.2. The number of rotatable bonds is 7. The number of ether oxygens (including phenoxy) is 1. The van der Waals surface area contributed by atoms with Gasteiger partial charge in [-0.1, -0.05) is 6.92 Å². The predicted octanol–water partition coefficient (Wildman–Crippen LogP) is -0.742. The summed E-state index contributed by atoms with van der Waals surface area (Å²) >= 11 is 0. The summed E-state index contributed by atoms with van der Waals surface area (Å²) in [5, 5.41) is 2.97. The minimum absolute atomic E-state index is 0.0593. The minimum Gasteiger partial charge on any atom is -0.383 e. The fourth-order valence-electron chi connectivity index (χ4n) is 2.06. The van der Waals surface area contributed by atoms with Gasteiger partial charge in [-0.25, -0.2) is 8.42 Å². The summed E-state index contributed by atoms with van der Waals surface area (Å²) in [5.41, 5.74) is 0. The summed E-state index contributed by atoms with van der Waals surface area (Å²) < 4.78 is 27.9. The molecular weight excluding hydrogens is 256 g/mol. The Hall–Kier alpha value is -0.660. The maximum atomic E-state index is 12.0. The standard InChI is InChI=1S/C11H22N2O4S/c1-3-12-8-11(14)13(5-6-17-2)10-4-7-18(15,16)9-10/h10,12H,3-9H2,1-2H3. The quantitative estimate of drug-likeness (QED) is 0.664. The van der Waals surface area contributed by atoms with Crippen molar-refractivity contribution in [2.24, 2.45) is 0 Å². The molecule has 1 unspecified atom stereocenters. The molecule has 1 rings (SSSR count). The SMILES string of the molecule is CCNCC(=O)N(CCOC)C1CCS(=O)(=O)C1. The number of hydrogen-bond acceptors (Lipinski definition) is 5. The average molecular weight is 278 g/mol. The predicted molar refractivity (Wildman–Crippen MR) is 69.2 cm³/mol. The van der Waals surface area contributed by atoms with Crippen LogP contribution in [0.5, 0.6) is 0 Å². The van der Waals surface area contributed by atoms with Crippen LogP contribution in [0.15, 0.2) is 0 Å². The summed E-state index contributed by atoms with van der Waals surface area (Å²) in [6.45, 7) is 3.76. The fourth-order valence-corrected chi connectivity index (χ4v) is 3.79. The molecular formula is C11H22N2O4S. The molecule has 7 heteroatoms. The lowest BCUT2D eigenvalue weighted by atomic mass is 10.2. The third kappa shape index (κ3) is 4.55. The van der Waals surface area contributed by atoms with Crippen molar-refractivity contribution in [1.29, 1.82) is 0 Å². The zero-order valence-electron chi connectivity index (χ0n) is 11.0. The van der Waals surface area contributed by atoms with Crippen LogP contribution in [-0.2, 0) is 19.4 Å². The maximum Gasteiger partial charge on any atom is 0.236 e. The van der Waals surface area contributed by atoms with Crippen LogP contribution in [0.1, 0.15) is 13.3 Å². The Kier molecular flexibility index (Phi) is 6.04. The number of nitrogens with zero attached hydrogens (tertiary/aromatic N) is 1. The third-order valence-corrected chi connectivity index (χ3v) is 4.78. The van der Waals surface area contributed by atoms with Crippen LogP contribution in [0.2, 0.25) is 0 Å². The highest BCUT2D eigenvalue weighted by Gasteiger charge is 2.34. The molecule has 0 radical (unpaired) electrons. The van der Waals surface area contributed by atoms with Crippen LogP contribution in [0.4, 0.5) is 0 Å². The molecule has 1 N–H and O–H groups in total. The Balaban J connectivity index is 2.63. The zero-order chi connectivity index (χ0) is 13.6. The van der Waals surface area contributed by atoms with Gasteiger partial charge in [0.1, 0.15) is 0 Å². The number of sulfone groups is 1. The Morgan fingerprint density at radius 2 is 2.22 bits per heavy atom. The van der Waals surface area contributed by atoms with E-state index in [-0.39, 0.29) is 30.0 Å².